The minimum Gasteiger partial charge on any atom is -0.166 e. The van der Waals surface area contributed by atoms with Gasteiger partial charge < -0.3 is 0 Å². The normalized spacial score (nSPS) is 13.0. The Morgan fingerprint density at radius 1 is 0.812 bits per heavy atom. The summed E-state index contributed by atoms with van der Waals surface area (Å²) in [4.78, 5) is 0. The van der Waals surface area contributed by atoms with Crippen molar-refractivity contribution in [2.24, 2.45) is 0 Å². The zero-order valence-electron chi connectivity index (χ0n) is 7.18. The Morgan fingerprint density at radius 2 is 1.31 bits per heavy atom. The lowest BCUT2D eigenvalue weighted by Gasteiger charge is -2.17. The summed E-state index contributed by atoms with van der Waals surface area (Å²) in [5.41, 5.74) is -3.27. The van der Waals surface area contributed by atoms with Crippen molar-refractivity contribution in [1.29, 1.82) is 0 Å². The molecule has 0 N–H and O–H groups in total. The molecule has 16 heavy (non-hydrogen) atoms. The van der Waals surface area contributed by atoms with E-state index in [-0.39, 0.29) is 3.57 Å². The topological polar surface area (TPSA) is 0 Å². The first-order chi connectivity index (χ1) is 7.03. The van der Waals surface area contributed by atoms with Gasteiger partial charge in [0.1, 0.15) is 0 Å². The molecule has 0 heterocycles. The monoisotopic (exact) mass is 466 g/mol. The van der Waals surface area contributed by atoms with Crippen LogP contribution in [0.2, 0.25) is 0 Å². The van der Waals surface area contributed by atoms with Gasteiger partial charge in [0.15, 0.2) is 0 Å². The van der Waals surface area contributed by atoms with E-state index in [4.69, 9.17) is 0 Å². The van der Waals surface area contributed by atoms with Crippen molar-refractivity contribution in [3.63, 3.8) is 0 Å². The van der Waals surface area contributed by atoms with E-state index >= 15 is 0 Å². The predicted molar refractivity (Wildman–Crippen MR) is 61.9 cm³/mol. The molecule has 0 fully saturated rings. The second kappa shape index (κ2) is 4.50. The standard InChI is InChI=1S/C8H2F6I2/c9-7(10,11)4-1-3(15)2-5(16)6(4)8(12,13)14/h1-2H. The fraction of sp³-hybridized carbons (Fsp3) is 0.250. The van der Waals surface area contributed by atoms with Crippen LogP contribution in [0.15, 0.2) is 12.1 Å². The smallest absolute Gasteiger partial charge is 0.166 e. The van der Waals surface area contributed by atoms with Gasteiger partial charge in [-0.1, -0.05) is 0 Å². The Kier molecular flexibility index (Phi) is 4.03. The van der Waals surface area contributed by atoms with Crippen LogP contribution >= 0.6 is 45.2 Å². The average molecular weight is 466 g/mol. The fourth-order valence-corrected chi connectivity index (χ4v) is 3.24. The molecule has 0 nitrogen and oxygen atoms in total. The van der Waals surface area contributed by atoms with Crippen LogP contribution in [-0.4, -0.2) is 0 Å². The molecule has 0 saturated heterocycles. The van der Waals surface area contributed by atoms with E-state index in [1.54, 1.807) is 22.6 Å². The van der Waals surface area contributed by atoms with E-state index in [9.17, 15) is 26.3 Å². The lowest BCUT2D eigenvalue weighted by Crippen LogP contribution is -2.18. The Bertz CT molecular complexity index is 406. The van der Waals surface area contributed by atoms with Crippen molar-refractivity contribution in [1.82, 2.24) is 0 Å². The molecule has 0 atom stereocenters. The number of hydrogen-bond donors (Lipinski definition) is 0. The second-order valence-electron chi connectivity index (χ2n) is 2.81. The zero-order chi connectivity index (χ0) is 12.7. The van der Waals surface area contributed by atoms with Crippen molar-refractivity contribution < 1.29 is 26.3 Å². The molecule has 0 unspecified atom stereocenters. The molecular formula is C8H2F6I2. The van der Waals surface area contributed by atoms with Crippen LogP contribution in [0.3, 0.4) is 0 Å². The van der Waals surface area contributed by atoms with Gasteiger partial charge in [-0.05, 0) is 57.3 Å². The third-order valence-corrected chi connectivity index (χ3v) is 3.12. The second-order valence-corrected chi connectivity index (χ2v) is 5.21. The molecule has 0 bridgehead atoms. The van der Waals surface area contributed by atoms with Gasteiger partial charge >= 0.3 is 12.4 Å². The van der Waals surface area contributed by atoms with Gasteiger partial charge in [0.2, 0.25) is 0 Å². The van der Waals surface area contributed by atoms with Crippen LogP contribution in [0.5, 0.6) is 0 Å². The number of benzene rings is 1. The van der Waals surface area contributed by atoms with Crippen LogP contribution in [0, 0.1) is 7.14 Å². The van der Waals surface area contributed by atoms with Crippen molar-refractivity contribution in [2.45, 2.75) is 12.4 Å². The first-order valence-corrected chi connectivity index (χ1v) is 5.82. The van der Waals surface area contributed by atoms with Gasteiger partial charge in [-0.15, -0.1) is 0 Å². The molecule has 1 rings (SSSR count). The largest absolute Gasteiger partial charge is 0.418 e. The first-order valence-electron chi connectivity index (χ1n) is 3.67. The van der Waals surface area contributed by atoms with Crippen LogP contribution in [0.25, 0.3) is 0 Å². The zero-order valence-corrected chi connectivity index (χ0v) is 11.5. The van der Waals surface area contributed by atoms with Crippen molar-refractivity contribution in [3.05, 3.63) is 30.4 Å². The third-order valence-electron chi connectivity index (χ3n) is 1.64. The lowest BCUT2D eigenvalue weighted by atomic mass is 10.1. The van der Waals surface area contributed by atoms with Crippen LogP contribution in [0.1, 0.15) is 11.1 Å². The highest BCUT2D eigenvalue weighted by Crippen LogP contribution is 2.43. The molecule has 0 aliphatic carbocycles. The molecule has 0 amide bonds. The minimum absolute atomic E-state index is 0.113. The van der Waals surface area contributed by atoms with Gasteiger partial charge in [-0.2, -0.15) is 26.3 Å². The molecule has 0 radical (unpaired) electrons. The van der Waals surface area contributed by atoms with Crippen molar-refractivity contribution in [2.75, 3.05) is 0 Å². The number of rotatable bonds is 0. The molecule has 0 aromatic heterocycles. The highest BCUT2D eigenvalue weighted by Gasteiger charge is 2.44. The van der Waals surface area contributed by atoms with Crippen LogP contribution < -0.4 is 0 Å². The van der Waals surface area contributed by atoms with E-state index < -0.39 is 27.0 Å². The van der Waals surface area contributed by atoms with Gasteiger partial charge in [0.05, 0.1) is 11.1 Å². The first kappa shape index (κ1) is 14.3. The quantitative estimate of drug-likeness (QED) is 0.376. The molecule has 90 valence electrons. The molecule has 0 aliphatic rings. The highest BCUT2D eigenvalue weighted by atomic mass is 127. The lowest BCUT2D eigenvalue weighted by molar-refractivity contribution is -0.162. The van der Waals surface area contributed by atoms with E-state index in [0.29, 0.717) is 6.07 Å². The molecule has 1 aromatic carbocycles. The summed E-state index contributed by atoms with van der Waals surface area (Å²) in [5, 5.41) is 0. The molecule has 1 aromatic rings. The molecular weight excluding hydrogens is 464 g/mol. The van der Waals surface area contributed by atoms with Crippen molar-refractivity contribution >= 4 is 45.2 Å². The Balaban J connectivity index is 3.58. The van der Waals surface area contributed by atoms with Crippen molar-refractivity contribution in [3.8, 4) is 0 Å². The molecule has 8 heteroatoms. The Hall–Kier alpha value is 0.260. The van der Waals surface area contributed by atoms with E-state index in [1.165, 1.54) is 22.6 Å². The highest BCUT2D eigenvalue weighted by molar-refractivity contribution is 14.1. The average Bonchev–Trinajstić information content (AvgIpc) is 1.97. The molecule has 0 saturated carbocycles. The summed E-state index contributed by atoms with van der Waals surface area (Å²) < 4.78 is 74.3. The minimum atomic E-state index is -5.01. The summed E-state index contributed by atoms with van der Waals surface area (Å²) in [7, 11) is 0. The van der Waals surface area contributed by atoms with Gasteiger partial charge in [-0.25, -0.2) is 0 Å². The fourth-order valence-electron chi connectivity index (χ4n) is 1.09. The Labute approximate surface area is 114 Å². The van der Waals surface area contributed by atoms with E-state index in [1.807, 2.05) is 0 Å². The number of halogens is 8. The van der Waals surface area contributed by atoms with Gasteiger partial charge in [-0.3, -0.25) is 0 Å². The third kappa shape index (κ3) is 3.14. The SMILES string of the molecule is FC(F)(F)c1cc(I)cc(I)c1C(F)(F)F. The Morgan fingerprint density at radius 3 is 1.69 bits per heavy atom. The summed E-state index contributed by atoms with van der Waals surface area (Å²) in [6.45, 7) is 0. The maximum absolute atomic E-state index is 12.5. The number of alkyl halides is 6. The summed E-state index contributed by atoms with van der Waals surface area (Å²) >= 11 is 2.80. The predicted octanol–water partition coefficient (Wildman–Crippen LogP) is 4.93. The van der Waals surface area contributed by atoms with Crippen LogP contribution in [0.4, 0.5) is 26.3 Å². The molecule has 0 spiro atoms. The summed E-state index contributed by atoms with van der Waals surface area (Å²) in [6, 6.07) is 1.55. The van der Waals surface area contributed by atoms with Gasteiger partial charge in [0, 0.05) is 7.14 Å². The van der Waals surface area contributed by atoms with Crippen LogP contribution in [-0.2, 0) is 12.4 Å². The summed E-state index contributed by atoms with van der Waals surface area (Å²) in [5.74, 6) is 0. The maximum Gasteiger partial charge on any atom is 0.418 e. The summed E-state index contributed by atoms with van der Waals surface area (Å²) in [6.07, 6.45) is -10.0. The van der Waals surface area contributed by atoms with Gasteiger partial charge in [0.25, 0.3) is 0 Å². The maximum atomic E-state index is 12.5. The molecule has 0 aliphatic heterocycles. The van der Waals surface area contributed by atoms with E-state index in [0.717, 1.165) is 6.07 Å². The number of hydrogen-bond acceptors (Lipinski definition) is 0. The van der Waals surface area contributed by atoms with E-state index in [2.05, 4.69) is 0 Å².